The first-order valence-corrected chi connectivity index (χ1v) is 9.80. The second-order valence-corrected chi connectivity index (χ2v) is 8.02. The van der Waals surface area contributed by atoms with Crippen LogP contribution in [0.5, 0.6) is 0 Å². The molecule has 1 aliphatic heterocycles. The molecule has 0 atom stereocenters. The van der Waals surface area contributed by atoms with Crippen LogP contribution in [0.25, 0.3) is 0 Å². The van der Waals surface area contributed by atoms with Gasteiger partial charge in [0.25, 0.3) is 5.91 Å². The lowest BCUT2D eigenvalue weighted by atomic mass is 9.63. The van der Waals surface area contributed by atoms with Crippen LogP contribution in [-0.4, -0.2) is 48.9 Å². The third-order valence-corrected chi connectivity index (χ3v) is 6.39. The zero-order chi connectivity index (χ0) is 18.0. The molecule has 7 heteroatoms. The van der Waals surface area contributed by atoms with E-state index in [2.05, 4.69) is 20.3 Å². The van der Waals surface area contributed by atoms with Crippen LogP contribution >= 0.6 is 0 Å². The zero-order valence-electron chi connectivity index (χ0n) is 15.5. The summed E-state index contributed by atoms with van der Waals surface area (Å²) in [6, 6.07) is 1.83. The second-order valence-electron chi connectivity index (χ2n) is 8.02. The van der Waals surface area contributed by atoms with Crippen LogP contribution in [0.1, 0.15) is 61.1 Å². The van der Waals surface area contributed by atoms with Crippen molar-refractivity contribution >= 4 is 5.91 Å². The van der Waals surface area contributed by atoms with Crippen molar-refractivity contribution in [3.8, 4) is 0 Å². The van der Waals surface area contributed by atoms with E-state index in [9.17, 15) is 4.79 Å². The Morgan fingerprint density at radius 3 is 2.65 bits per heavy atom. The van der Waals surface area contributed by atoms with E-state index >= 15 is 0 Å². The number of carbonyl (C=O) groups is 1. The molecule has 0 spiro atoms. The number of hydrogen-bond acceptors (Lipinski definition) is 4. The van der Waals surface area contributed by atoms with Gasteiger partial charge < -0.3 is 4.90 Å². The minimum absolute atomic E-state index is 0.0485. The average Bonchev–Trinajstić information content (AvgIpc) is 3.34. The highest BCUT2D eigenvalue weighted by Crippen LogP contribution is 2.47. The van der Waals surface area contributed by atoms with Gasteiger partial charge in [0.1, 0.15) is 18.3 Å². The van der Waals surface area contributed by atoms with Gasteiger partial charge in [-0.2, -0.15) is 10.2 Å². The molecule has 3 heterocycles. The zero-order valence-corrected chi connectivity index (χ0v) is 15.5. The number of amides is 1. The van der Waals surface area contributed by atoms with Crippen LogP contribution in [-0.2, 0) is 6.54 Å². The molecule has 26 heavy (non-hydrogen) atoms. The summed E-state index contributed by atoms with van der Waals surface area (Å²) in [4.78, 5) is 18.8. The topological polar surface area (TPSA) is 79.7 Å². The maximum absolute atomic E-state index is 12.7. The van der Waals surface area contributed by atoms with Gasteiger partial charge in [0, 0.05) is 25.3 Å². The third kappa shape index (κ3) is 3.39. The van der Waals surface area contributed by atoms with Crippen LogP contribution in [0, 0.1) is 18.3 Å². The molecule has 0 radical (unpaired) electrons. The Balaban J connectivity index is 1.49. The van der Waals surface area contributed by atoms with Gasteiger partial charge in [0.2, 0.25) is 0 Å². The SMILES string of the molecule is Cc1cc(C(=O)N2CCC(Cn3cncn3)(C3CCCCC3)CC2)n[nH]1. The maximum atomic E-state index is 12.7. The fourth-order valence-corrected chi connectivity index (χ4v) is 4.89. The lowest BCUT2D eigenvalue weighted by Crippen LogP contribution is -2.48. The number of aryl methyl sites for hydroxylation is 1. The number of nitrogens with one attached hydrogen (secondary N) is 1. The monoisotopic (exact) mass is 356 g/mol. The normalized spacial score (nSPS) is 21.0. The van der Waals surface area contributed by atoms with Crippen LogP contribution in [0.4, 0.5) is 0 Å². The molecule has 2 fully saturated rings. The van der Waals surface area contributed by atoms with Gasteiger partial charge in [0.05, 0.1) is 0 Å². The molecule has 1 aliphatic carbocycles. The van der Waals surface area contributed by atoms with Crippen LogP contribution < -0.4 is 0 Å². The fourth-order valence-electron chi connectivity index (χ4n) is 4.89. The number of likely N-dealkylation sites (tertiary alicyclic amines) is 1. The Labute approximate surface area is 154 Å². The van der Waals surface area contributed by atoms with E-state index < -0.39 is 0 Å². The van der Waals surface area contributed by atoms with E-state index in [1.165, 1.54) is 32.1 Å². The molecule has 1 amide bonds. The van der Waals surface area contributed by atoms with Crippen molar-refractivity contribution in [2.24, 2.45) is 11.3 Å². The Morgan fingerprint density at radius 2 is 2.04 bits per heavy atom. The van der Waals surface area contributed by atoms with Crippen molar-refractivity contribution in [1.82, 2.24) is 29.9 Å². The van der Waals surface area contributed by atoms with E-state index in [0.29, 0.717) is 5.69 Å². The highest BCUT2D eigenvalue weighted by Gasteiger charge is 2.43. The summed E-state index contributed by atoms with van der Waals surface area (Å²) in [7, 11) is 0. The molecule has 140 valence electrons. The first kappa shape index (κ1) is 17.2. The number of aromatic amines is 1. The molecular formula is C19H28N6O. The predicted molar refractivity (Wildman–Crippen MR) is 97.5 cm³/mol. The lowest BCUT2D eigenvalue weighted by Gasteiger charge is -2.47. The van der Waals surface area contributed by atoms with Gasteiger partial charge in [-0.3, -0.25) is 14.6 Å². The molecule has 1 saturated carbocycles. The highest BCUT2D eigenvalue weighted by molar-refractivity contribution is 5.92. The fraction of sp³-hybridized carbons (Fsp3) is 0.684. The molecule has 0 unspecified atom stereocenters. The summed E-state index contributed by atoms with van der Waals surface area (Å²) in [6.45, 7) is 4.44. The first-order valence-electron chi connectivity index (χ1n) is 9.80. The van der Waals surface area contributed by atoms with E-state index in [-0.39, 0.29) is 11.3 Å². The van der Waals surface area contributed by atoms with Gasteiger partial charge >= 0.3 is 0 Å². The Hall–Kier alpha value is -2.18. The van der Waals surface area contributed by atoms with Crippen molar-refractivity contribution in [3.05, 3.63) is 30.1 Å². The summed E-state index contributed by atoms with van der Waals surface area (Å²) in [6.07, 6.45) is 12.2. The summed E-state index contributed by atoms with van der Waals surface area (Å²) < 4.78 is 1.99. The van der Waals surface area contributed by atoms with Crippen LogP contribution in [0.15, 0.2) is 18.7 Å². The van der Waals surface area contributed by atoms with Crippen LogP contribution in [0.2, 0.25) is 0 Å². The number of H-pyrrole nitrogens is 1. The molecule has 1 N–H and O–H groups in total. The standard InChI is InChI=1S/C19H28N6O/c1-15-11-17(23-22-15)18(26)24-9-7-19(8-10-24,12-25-14-20-13-21-25)16-5-3-2-4-6-16/h11,13-14,16H,2-10,12H2,1H3,(H,22,23). The van der Waals surface area contributed by atoms with Crippen molar-refractivity contribution in [3.63, 3.8) is 0 Å². The molecule has 0 aromatic carbocycles. The van der Waals surface area contributed by atoms with E-state index in [1.807, 2.05) is 28.9 Å². The second kappa shape index (κ2) is 7.21. The number of nitrogens with zero attached hydrogens (tertiary/aromatic N) is 5. The largest absolute Gasteiger partial charge is 0.337 e. The van der Waals surface area contributed by atoms with Gasteiger partial charge in [-0.15, -0.1) is 0 Å². The predicted octanol–water partition coefficient (Wildman–Crippen LogP) is 2.81. The van der Waals surface area contributed by atoms with Gasteiger partial charge in [-0.1, -0.05) is 19.3 Å². The summed E-state index contributed by atoms with van der Waals surface area (Å²) in [5.74, 6) is 0.776. The lowest BCUT2D eigenvalue weighted by molar-refractivity contribution is 0.0118. The molecule has 2 aromatic rings. The number of hydrogen-bond donors (Lipinski definition) is 1. The van der Waals surface area contributed by atoms with Gasteiger partial charge in [0.15, 0.2) is 0 Å². The Morgan fingerprint density at radius 1 is 1.27 bits per heavy atom. The quantitative estimate of drug-likeness (QED) is 0.913. The maximum Gasteiger partial charge on any atom is 0.274 e. The smallest absolute Gasteiger partial charge is 0.274 e. The molecule has 1 saturated heterocycles. The van der Waals surface area contributed by atoms with Gasteiger partial charge in [-0.05, 0) is 50.0 Å². The minimum Gasteiger partial charge on any atom is -0.337 e. The minimum atomic E-state index is 0.0485. The first-order chi connectivity index (χ1) is 12.7. The summed E-state index contributed by atoms with van der Waals surface area (Å²) in [5.41, 5.74) is 1.68. The summed E-state index contributed by atoms with van der Waals surface area (Å²) >= 11 is 0. The average molecular weight is 356 g/mol. The van der Waals surface area contributed by atoms with Gasteiger partial charge in [-0.25, -0.2) is 4.98 Å². The summed E-state index contributed by atoms with van der Waals surface area (Å²) in [5, 5.41) is 11.4. The number of piperidine rings is 1. The van der Waals surface area contributed by atoms with Crippen molar-refractivity contribution in [2.45, 2.75) is 58.4 Å². The Kier molecular flexibility index (Phi) is 4.78. The third-order valence-electron chi connectivity index (χ3n) is 6.39. The van der Waals surface area contributed by atoms with Crippen LogP contribution in [0.3, 0.4) is 0 Å². The number of rotatable bonds is 4. The number of aromatic nitrogens is 5. The highest BCUT2D eigenvalue weighted by atomic mass is 16.2. The van der Waals surface area contributed by atoms with Crippen molar-refractivity contribution in [2.75, 3.05) is 13.1 Å². The molecular weight excluding hydrogens is 328 g/mol. The van der Waals surface area contributed by atoms with E-state index in [0.717, 1.165) is 44.1 Å². The molecule has 2 aliphatic rings. The Bertz CT molecular complexity index is 723. The molecule has 2 aromatic heterocycles. The molecule has 0 bridgehead atoms. The molecule has 7 nitrogen and oxygen atoms in total. The van der Waals surface area contributed by atoms with Crippen molar-refractivity contribution in [1.29, 1.82) is 0 Å². The van der Waals surface area contributed by atoms with E-state index in [4.69, 9.17) is 0 Å². The molecule has 4 rings (SSSR count). The van der Waals surface area contributed by atoms with Crippen molar-refractivity contribution < 1.29 is 4.79 Å². The van der Waals surface area contributed by atoms with E-state index in [1.54, 1.807) is 6.33 Å². The number of carbonyl (C=O) groups excluding carboxylic acids is 1.